The molecular weight excluding hydrogens is 709 g/mol. The highest BCUT2D eigenvalue weighted by molar-refractivity contribution is 7.91. The van der Waals surface area contributed by atoms with Crippen LogP contribution in [0, 0.1) is 11.7 Å². The molecule has 53 heavy (non-hydrogen) atoms. The molecule has 0 bridgehead atoms. The minimum atomic E-state index is -3.94. The summed E-state index contributed by atoms with van der Waals surface area (Å²) in [6, 6.07) is 2.18. The van der Waals surface area contributed by atoms with Crippen molar-refractivity contribution in [2.24, 2.45) is 5.92 Å². The molecule has 5 rings (SSSR count). The van der Waals surface area contributed by atoms with Crippen molar-refractivity contribution in [1.29, 1.82) is 0 Å². The lowest BCUT2D eigenvalue weighted by Gasteiger charge is -2.30. The second-order valence-electron chi connectivity index (χ2n) is 15.4. The lowest BCUT2D eigenvalue weighted by atomic mass is 10.0. The number of nitrogens with one attached hydrogen (secondary N) is 3. The molecule has 1 unspecified atom stereocenters. The van der Waals surface area contributed by atoms with Crippen LogP contribution in [-0.2, 0) is 47.0 Å². The van der Waals surface area contributed by atoms with Crippen molar-refractivity contribution >= 4 is 39.9 Å². The molecule has 2 aliphatic heterocycles. The molecule has 0 aromatic heterocycles. The number of rotatable bonds is 13. The van der Waals surface area contributed by atoms with E-state index in [9.17, 15) is 36.8 Å². The predicted molar refractivity (Wildman–Crippen MR) is 192 cm³/mol. The van der Waals surface area contributed by atoms with E-state index in [2.05, 4.69) is 21.9 Å². The van der Waals surface area contributed by atoms with Gasteiger partial charge in [-0.25, -0.2) is 22.4 Å². The summed E-state index contributed by atoms with van der Waals surface area (Å²) in [5.74, 6) is -3.31. The van der Waals surface area contributed by atoms with Crippen LogP contribution in [0.5, 0.6) is 0 Å². The quantitative estimate of drug-likeness (QED) is 0.251. The number of carbonyl (C=O) groups is 5. The van der Waals surface area contributed by atoms with E-state index in [1.807, 2.05) is 19.9 Å². The maximum Gasteiger partial charge on any atom is 0.410 e. The Morgan fingerprint density at radius 2 is 1.87 bits per heavy atom. The van der Waals surface area contributed by atoms with Crippen molar-refractivity contribution in [1.82, 2.24) is 25.2 Å². The number of benzene rings is 1. The Bertz CT molecular complexity index is 1790. The van der Waals surface area contributed by atoms with Crippen LogP contribution in [0.1, 0.15) is 90.7 Å². The van der Waals surface area contributed by atoms with E-state index in [4.69, 9.17) is 9.47 Å². The highest BCUT2D eigenvalue weighted by Crippen LogP contribution is 2.45. The average molecular weight is 760 g/mol. The molecule has 4 aliphatic rings. The van der Waals surface area contributed by atoms with Crippen LogP contribution in [0.15, 0.2) is 42.5 Å². The van der Waals surface area contributed by atoms with Crippen LogP contribution in [0.3, 0.4) is 0 Å². The molecule has 2 heterocycles. The zero-order chi connectivity index (χ0) is 38.9. The fourth-order valence-corrected chi connectivity index (χ4v) is 8.12. The van der Waals surface area contributed by atoms with Gasteiger partial charge in [0.05, 0.1) is 18.3 Å². The number of allylic oxidation sites excluding steroid dienone is 2. The molecule has 1 aromatic rings. The van der Waals surface area contributed by atoms with Crippen LogP contribution in [0.4, 0.5) is 14.0 Å². The molecule has 0 spiro atoms. The van der Waals surface area contributed by atoms with E-state index in [0.717, 1.165) is 5.57 Å². The zero-order valence-electron chi connectivity index (χ0n) is 30.9. The number of nitrogens with zero attached hydrogens (tertiary/aromatic N) is 2. The van der Waals surface area contributed by atoms with E-state index in [-0.39, 0.29) is 38.9 Å². The van der Waals surface area contributed by atoms with E-state index >= 15 is 0 Å². The van der Waals surface area contributed by atoms with Gasteiger partial charge in [-0.3, -0.25) is 24.0 Å². The average Bonchev–Trinajstić information content (AvgIpc) is 3.97. The van der Waals surface area contributed by atoms with Crippen LogP contribution in [-0.4, -0.2) is 89.2 Å². The Balaban J connectivity index is 1.38. The van der Waals surface area contributed by atoms with Crippen LogP contribution in [0.25, 0.3) is 0 Å². The van der Waals surface area contributed by atoms with Crippen LogP contribution < -0.4 is 15.4 Å². The first-order valence-corrected chi connectivity index (χ1v) is 19.6. The van der Waals surface area contributed by atoms with Gasteiger partial charge < -0.3 is 25.0 Å². The standard InChI is InChI=1S/C37H50FN5O9S/c1-7-22(3)11-9-14-29(39-34(47)52-36(4,5)6)32(45)43-20-25(51-35(48)42-19-23-12-10-13-28(38)27(23)21-42)17-30(43)31(44)40-37(18-24(37)8-2)33(46)41-53(49,50)26-15-16-26/h7-8,10,12-13,24-26,29-30H,2,9,11,14-21H2,1,3-6H3,(H,39,47)(H,40,44)(H,41,46)/b22-7+/t24-,25-,29+,30?,37-/m1/s1. The normalized spacial score (nSPS) is 24.5. The number of hydrogen-bond donors (Lipinski definition) is 3. The summed E-state index contributed by atoms with van der Waals surface area (Å²) >= 11 is 0. The summed E-state index contributed by atoms with van der Waals surface area (Å²) in [5.41, 5.74) is -0.381. The molecule has 3 fully saturated rings. The number of amides is 5. The van der Waals surface area contributed by atoms with Crippen molar-refractivity contribution in [3.8, 4) is 0 Å². The van der Waals surface area contributed by atoms with Gasteiger partial charge in [0.2, 0.25) is 21.8 Å². The molecule has 16 heteroatoms. The second kappa shape index (κ2) is 15.5. The SMILES string of the molecule is C=C[C@@H]1C[C@]1(NC(=O)C1C[C@@H](OC(=O)N2Cc3cccc(F)c3C2)CN1C(=O)[C@H](CCC/C(C)=C/C)NC(=O)OC(C)(C)C)C(=O)NS(=O)(=O)C1CC1. The summed E-state index contributed by atoms with van der Waals surface area (Å²) < 4.78 is 53.1. The van der Waals surface area contributed by atoms with Crippen LogP contribution >= 0.6 is 0 Å². The van der Waals surface area contributed by atoms with Gasteiger partial charge in [0.1, 0.15) is 35.1 Å². The minimum absolute atomic E-state index is 0.0159. The lowest BCUT2D eigenvalue weighted by molar-refractivity contribution is -0.141. The number of fused-ring (bicyclic) bond motifs is 1. The lowest BCUT2D eigenvalue weighted by Crippen LogP contribution is -2.58. The zero-order valence-corrected chi connectivity index (χ0v) is 31.7. The molecular formula is C37H50FN5O9S. The van der Waals surface area contributed by atoms with E-state index < -0.39 is 86.2 Å². The van der Waals surface area contributed by atoms with Gasteiger partial charge >= 0.3 is 12.2 Å². The molecule has 290 valence electrons. The van der Waals surface area contributed by atoms with Gasteiger partial charge in [0.25, 0.3) is 5.91 Å². The fourth-order valence-electron chi connectivity index (χ4n) is 6.76. The van der Waals surface area contributed by atoms with Gasteiger partial charge in [-0.15, -0.1) is 6.58 Å². The number of carbonyl (C=O) groups excluding carboxylic acids is 5. The Kier molecular flexibility index (Phi) is 11.6. The molecule has 1 saturated heterocycles. The number of sulfonamides is 1. The van der Waals surface area contributed by atoms with Crippen LogP contribution in [0.2, 0.25) is 0 Å². The first-order valence-electron chi connectivity index (χ1n) is 18.0. The van der Waals surface area contributed by atoms with E-state index in [1.54, 1.807) is 32.9 Å². The fraction of sp³-hybridized carbons (Fsp3) is 0.595. The minimum Gasteiger partial charge on any atom is -0.444 e. The summed E-state index contributed by atoms with van der Waals surface area (Å²) in [5, 5.41) is 4.69. The number of likely N-dealkylation sites (tertiary alicyclic amines) is 1. The van der Waals surface area contributed by atoms with Gasteiger partial charge in [-0.2, -0.15) is 0 Å². The van der Waals surface area contributed by atoms with E-state index in [1.165, 1.54) is 21.9 Å². The summed E-state index contributed by atoms with van der Waals surface area (Å²) in [6.45, 7) is 12.5. The van der Waals surface area contributed by atoms with Crippen molar-refractivity contribution < 1.29 is 46.3 Å². The summed E-state index contributed by atoms with van der Waals surface area (Å²) in [4.78, 5) is 70.8. The third-order valence-electron chi connectivity index (χ3n) is 10.1. The molecule has 3 N–H and O–H groups in total. The topological polar surface area (TPSA) is 181 Å². The Hall–Kier alpha value is -4.47. The molecule has 2 saturated carbocycles. The number of halogens is 1. The highest BCUT2D eigenvalue weighted by atomic mass is 32.2. The van der Waals surface area contributed by atoms with Gasteiger partial charge in [0, 0.05) is 24.4 Å². The summed E-state index contributed by atoms with van der Waals surface area (Å²) in [7, 11) is -3.94. The van der Waals surface area contributed by atoms with Gasteiger partial charge in [-0.1, -0.05) is 29.9 Å². The smallest absolute Gasteiger partial charge is 0.410 e. The predicted octanol–water partition coefficient (Wildman–Crippen LogP) is 3.95. The van der Waals surface area contributed by atoms with E-state index in [0.29, 0.717) is 36.8 Å². The maximum absolute atomic E-state index is 14.4. The first-order chi connectivity index (χ1) is 24.9. The molecule has 5 atom stereocenters. The van der Waals surface area contributed by atoms with Crippen molar-refractivity contribution in [2.75, 3.05) is 6.54 Å². The summed E-state index contributed by atoms with van der Waals surface area (Å²) in [6.07, 6.45) is 2.95. The third kappa shape index (κ3) is 9.37. The maximum atomic E-state index is 14.4. The first kappa shape index (κ1) is 39.7. The number of hydrogen-bond acceptors (Lipinski definition) is 9. The third-order valence-corrected chi connectivity index (χ3v) is 11.9. The Labute approximate surface area is 309 Å². The highest BCUT2D eigenvalue weighted by Gasteiger charge is 2.62. The molecule has 0 radical (unpaired) electrons. The molecule has 14 nitrogen and oxygen atoms in total. The van der Waals surface area contributed by atoms with Crippen molar-refractivity contribution in [3.63, 3.8) is 0 Å². The largest absolute Gasteiger partial charge is 0.444 e. The Morgan fingerprint density at radius 1 is 1.15 bits per heavy atom. The number of alkyl carbamates (subject to hydrolysis) is 1. The second-order valence-corrected chi connectivity index (χ2v) is 17.4. The van der Waals surface area contributed by atoms with Gasteiger partial charge in [-0.05, 0) is 84.8 Å². The van der Waals surface area contributed by atoms with Crippen molar-refractivity contribution in [3.05, 3.63) is 59.4 Å². The molecule has 5 amide bonds. The van der Waals surface area contributed by atoms with Crippen molar-refractivity contribution in [2.45, 2.75) is 127 Å². The monoisotopic (exact) mass is 759 g/mol. The molecule has 1 aromatic carbocycles. The number of ether oxygens (including phenoxy) is 2. The van der Waals surface area contributed by atoms with Gasteiger partial charge in [0.15, 0.2) is 0 Å². The Morgan fingerprint density at radius 3 is 2.47 bits per heavy atom. The molecule has 2 aliphatic carbocycles.